The van der Waals surface area contributed by atoms with E-state index in [4.69, 9.17) is 9.47 Å². The van der Waals surface area contributed by atoms with Crippen molar-refractivity contribution >= 4 is 21.6 Å². The van der Waals surface area contributed by atoms with Gasteiger partial charge in [0, 0.05) is 18.2 Å². The minimum absolute atomic E-state index is 0.132. The van der Waals surface area contributed by atoms with Gasteiger partial charge in [0.25, 0.3) is 0 Å². The SMILES string of the molecule is CCOC1CC(Nc2c(C)cc(C)cc2Br)C1OC. The maximum absolute atomic E-state index is 5.65. The number of rotatable bonds is 5. The Morgan fingerprint density at radius 3 is 2.68 bits per heavy atom. The molecule has 0 amide bonds. The van der Waals surface area contributed by atoms with Gasteiger partial charge < -0.3 is 14.8 Å². The predicted molar refractivity (Wildman–Crippen MR) is 81.9 cm³/mol. The zero-order valence-electron chi connectivity index (χ0n) is 12.0. The van der Waals surface area contributed by atoms with Crippen LogP contribution < -0.4 is 5.32 Å². The van der Waals surface area contributed by atoms with Crippen LogP contribution in [0.25, 0.3) is 0 Å². The van der Waals surface area contributed by atoms with Crippen LogP contribution in [0.5, 0.6) is 0 Å². The molecule has 3 atom stereocenters. The summed E-state index contributed by atoms with van der Waals surface area (Å²) in [6.45, 7) is 6.99. The molecule has 1 aromatic carbocycles. The molecule has 1 N–H and O–H groups in total. The van der Waals surface area contributed by atoms with Gasteiger partial charge in [-0.05, 0) is 60.3 Å². The molecule has 106 valence electrons. The Bertz CT molecular complexity index is 427. The summed E-state index contributed by atoms with van der Waals surface area (Å²) < 4.78 is 12.3. The predicted octanol–water partition coefficient (Wildman–Crippen LogP) is 3.67. The van der Waals surface area contributed by atoms with Crippen LogP contribution in [0.1, 0.15) is 24.5 Å². The van der Waals surface area contributed by atoms with Crippen LogP contribution in [0.2, 0.25) is 0 Å². The molecule has 2 rings (SSSR count). The number of halogens is 1. The molecule has 1 fully saturated rings. The third kappa shape index (κ3) is 3.12. The molecule has 3 unspecified atom stereocenters. The van der Waals surface area contributed by atoms with Gasteiger partial charge in [-0.25, -0.2) is 0 Å². The minimum atomic E-state index is 0.132. The summed E-state index contributed by atoms with van der Waals surface area (Å²) in [5.41, 5.74) is 3.67. The monoisotopic (exact) mass is 327 g/mol. The van der Waals surface area contributed by atoms with Gasteiger partial charge in [-0.15, -0.1) is 0 Å². The second-order valence-corrected chi connectivity index (χ2v) is 5.97. The van der Waals surface area contributed by atoms with Crippen LogP contribution in [0, 0.1) is 13.8 Å². The molecule has 1 aliphatic rings. The fourth-order valence-electron chi connectivity index (χ4n) is 2.70. The minimum Gasteiger partial charge on any atom is -0.378 e. The van der Waals surface area contributed by atoms with Gasteiger partial charge in [0.2, 0.25) is 0 Å². The molecular formula is C15H22BrNO2. The Labute approximate surface area is 123 Å². The average Bonchev–Trinajstić information content (AvgIpc) is 2.31. The van der Waals surface area contributed by atoms with E-state index in [1.165, 1.54) is 11.1 Å². The molecule has 1 saturated carbocycles. The molecule has 0 bridgehead atoms. The molecule has 1 aromatic rings. The van der Waals surface area contributed by atoms with Gasteiger partial charge in [0.1, 0.15) is 6.10 Å². The second-order valence-electron chi connectivity index (χ2n) is 5.12. The van der Waals surface area contributed by atoms with Crippen molar-refractivity contribution in [2.45, 2.75) is 45.4 Å². The Balaban J connectivity index is 2.07. The fraction of sp³-hybridized carbons (Fsp3) is 0.600. The summed E-state index contributed by atoms with van der Waals surface area (Å²) in [7, 11) is 1.75. The van der Waals surface area contributed by atoms with Crippen LogP contribution in [0.4, 0.5) is 5.69 Å². The van der Waals surface area contributed by atoms with Crippen LogP contribution >= 0.6 is 15.9 Å². The van der Waals surface area contributed by atoms with Gasteiger partial charge in [0.15, 0.2) is 0 Å². The number of nitrogens with one attached hydrogen (secondary N) is 1. The molecule has 0 saturated heterocycles. The van der Waals surface area contributed by atoms with E-state index in [-0.39, 0.29) is 12.2 Å². The molecule has 0 aliphatic heterocycles. The highest BCUT2D eigenvalue weighted by molar-refractivity contribution is 9.10. The molecule has 19 heavy (non-hydrogen) atoms. The van der Waals surface area contributed by atoms with E-state index in [2.05, 4.69) is 47.2 Å². The lowest BCUT2D eigenvalue weighted by molar-refractivity contribution is -0.118. The highest BCUT2D eigenvalue weighted by atomic mass is 79.9. The highest BCUT2D eigenvalue weighted by Crippen LogP contribution is 2.34. The third-order valence-electron chi connectivity index (χ3n) is 3.66. The lowest BCUT2D eigenvalue weighted by Gasteiger charge is -2.44. The van der Waals surface area contributed by atoms with Gasteiger partial charge in [0.05, 0.1) is 17.8 Å². The molecular weight excluding hydrogens is 306 g/mol. The Hall–Kier alpha value is -0.580. The van der Waals surface area contributed by atoms with Gasteiger partial charge in [-0.2, -0.15) is 0 Å². The molecule has 0 aromatic heterocycles. The molecule has 4 heteroatoms. The van der Waals surface area contributed by atoms with Crippen LogP contribution in [0.15, 0.2) is 16.6 Å². The first-order valence-electron chi connectivity index (χ1n) is 6.74. The van der Waals surface area contributed by atoms with E-state index in [1.54, 1.807) is 7.11 Å². The van der Waals surface area contributed by atoms with Gasteiger partial charge in [-0.3, -0.25) is 0 Å². The summed E-state index contributed by atoms with van der Waals surface area (Å²) in [5, 5.41) is 3.58. The Morgan fingerprint density at radius 2 is 2.11 bits per heavy atom. The zero-order valence-corrected chi connectivity index (χ0v) is 13.6. The molecule has 0 spiro atoms. The summed E-state index contributed by atoms with van der Waals surface area (Å²) in [4.78, 5) is 0. The van der Waals surface area contributed by atoms with Crippen LogP contribution in [-0.2, 0) is 9.47 Å². The number of hydrogen-bond donors (Lipinski definition) is 1. The number of hydrogen-bond acceptors (Lipinski definition) is 3. The largest absolute Gasteiger partial charge is 0.378 e. The van der Waals surface area contributed by atoms with Crippen molar-refractivity contribution in [1.29, 1.82) is 0 Å². The lowest BCUT2D eigenvalue weighted by atomic mass is 9.84. The van der Waals surface area contributed by atoms with Crippen molar-refractivity contribution in [3.8, 4) is 0 Å². The van der Waals surface area contributed by atoms with E-state index in [0.717, 1.165) is 23.2 Å². The second kappa shape index (κ2) is 6.25. The van der Waals surface area contributed by atoms with Crippen molar-refractivity contribution in [2.75, 3.05) is 19.0 Å². The number of methoxy groups -OCH3 is 1. The topological polar surface area (TPSA) is 30.5 Å². The maximum Gasteiger partial charge on any atom is 0.103 e. The van der Waals surface area contributed by atoms with Crippen LogP contribution in [-0.4, -0.2) is 32.0 Å². The van der Waals surface area contributed by atoms with E-state index in [0.29, 0.717) is 6.04 Å². The number of anilines is 1. The standard InChI is InChI=1S/C15H22BrNO2/c1-5-19-13-8-12(15(13)18-4)17-14-10(3)6-9(2)7-11(14)16/h6-7,12-13,15,17H,5,8H2,1-4H3. The molecule has 1 aliphatic carbocycles. The van der Waals surface area contributed by atoms with Crippen molar-refractivity contribution in [2.24, 2.45) is 0 Å². The smallest absolute Gasteiger partial charge is 0.103 e. The van der Waals surface area contributed by atoms with Gasteiger partial charge >= 0.3 is 0 Å². The molecule has 0 heterocycles. The number of aryl methyl sites for hydroxylation is 2. The van der Waals surface area contributed by atoms with E-state index in [9.17, 15) is 0 Å². The first-order chi connectivity index (χ1) is 9.06. The van der Waals surface area contributed by atoms with Crippen LogP contribution in [0.3, 0.4) is 0 Å². The molecule has 0 radical (unpaired) electrons. The quantitative estimate of drug-likeness (QED) is 0.895. The maximum atomic E-state index is 5.65. The molecule has 3 nitrogen and oxygen atoms in total. The average molecular weight is 328 g/mol. The van der Waals surface area contributed by atoms with Crippen molar-refractivity contribution in [1.82, 2.24) is 0 Å². The van der Waals surface area contributed by atoms with Crippen molar-refractivity contribution < 1.29 is 9.47 Å². The Morgan fingerprint density at radius 1 is 1.37 bits per heavy atom. The first kappa shape index (κ1) is 14.8. The lowest BCUT2D eigenvalue weighted by Crippen LogP contribution is -2.56. The normalized spacial score (nSPS) is 26.1. The Kier molecular flexibility index (Phi) is 4.87. The first-order valence-corrected chi connectivity index (χ1v) is 7.53. The van der Waals surface area contributed by atoms with Crippen molar-refractivity contribution in [3.63, 3.8) is 0 Å². The van der Waals surface area contributed by atoms with E-state index >= 15 is 0 Å². The summed E-state index contributed by atoms with van der Waals surface area (Å²) in [6.07, 6.45) is 1.34. The van der Waals surface area contributed by atoms with Gasteiger partial charge in [-0.1, -0.05) is 6.07 Å². The summed E-state index contributed by atoms with van der Waals surface area (Å²) in [6, 6.07) is 4.64. The number of ether oxygens (including phenoxy) is 2. The zero-order chi connectivity index (χ0) is 14.0. The number of benzene rings is 1. The van der Waals surface area contributed by atoms with Crippen molar-refractivity contribution in [3.05, 3.63) is 27.7 Å². The summed E-state index contributed by atoms with van der Waals surface area (Å²) >= 11 is 3.63. The summed E-state index contributed by atoms with van der Waals surface area (Å²) in [5.74, 6) is 0. The highest BCUT2D eigenvalue weighted by Gasteiger charge is 2.42. The third-order valence-corrected chi connectivity index (χ3v) is 4.29. The van der Waals surface area contributed by atoms with E-state index < -0.39 is 0 Å². The van der Waals surface area contributed by atoms with E-state index in [1.807, 2.05) is 6.92 Å². The fourth-order valence-corrected chi connectivity index (χ4v) is 3.49.